The number of hydrogen-bond donors (Lipinski definition) is 0. The molecule has 0 amide bonds. The van der Waals surface area contributed by atoms with Crippen LogP contribution in [-0.2, 0) is 25.6 Å². The molecule has 88 valence electrons. The Morgan fingerprint density at radius 1 is 1.12 bits per heavy atom. The summed E-state index contributed by atoms with van der Waals surface area (Å²) in [5.41, 5.74) is 1.12. The van der Waals surface area contributed by atoms with Crippen LogP contribution in [0.4, 0.5) is 0 Å². The molecule has 0 N–H and O–H groups in total. The zero-order chi connectivity index (χ0) is 11.6. The van der Waals surface area contributed by atoms with Crippen LogP contribution in [-0.4, -0.2) is 32.9 Å². The fraction of sp³-hybridized carbons (Fsp3) is 0.417. The summed E-state index contributed by atoms with van der Waals surface area (Å²) in [7, 11) is 1.33. The van der Waals surface area contributed by atoms with Gasteiger partial charge in [-0.15, -0.1) is 0 Å². The number of esters is 1. The summed E-state index contributed by atoms with van der Waals surface area (Å²) >= 11 is 0. The number of hydrogen-bond acceptors (Lipinski definition) is 4. The van der Waals surface area contributed by atoms with Gasteiger partial charge in [0.05, 0.1) is 26.9 Å². The second kappa shape index (κ2) is 7.84. The normalized spacial score (nSPS) is 10.1. The molecule has 0 fully saturated rings. The predicted molar refractivity (Wildman–Crippen MR) is 58.9 cm³/mol. The van der Waals surface area contributed by atoms with E-state index in [2.05, 4.69) is 4.74 Å². The second-order valence-electron chi connectivity index (χ2n) is 3.17. The van der Waals surface area contributed by atoms with E-state index in [1.807, 2.05) is 30.3 Å². The molecule has 0 aliphatic carbocycles. The Kier molecular flexibility index (Phi) is 6.22. The summed E-state index contributed by atoms with van der Waals surface area (Å²) in [4.78, 5) is 10.7. The highest BCUT2D eigenvalue weighted by atomic mass is 16.6. The van der Waals surface area contributed by atoms with Crippen molar-refractivity contribution >= 4 is 5.97 Å². The van der Waals surface area contributed by atoms with Crippen LogP contribution in [0.5, 0.6) is 0 Å². The van der Waals surface area contributed by atoms with E-state index < -0.39 is 0 Å². The third-order valence-electron chi connectivity index (χ3n) is 1.93. The van der Waals surface area contributed by atoms with E-state index in [1.165, 1.54) is 7.11 Å². The van der Waals surface area contributed by atoms with Crippen molar-refractivity contribution < 1.29 is 19.0 Å². The van der Waals surface area contributed by atoms with Gasteiger partial charge in [-0.05, 0) is 5.56 Å². The Morgan fingerprint density at radius 3 is 2.50 bits per heavy atom. The lowest BCUT2D eigenvalue weighted by molar-refractivity contribution is -0.146. The van der Waals surface area contributed by atoms with Gasteiger partial charge in [-0.2, -0.15) is 0 Å². The van der Waals surface area contributed by atoms with Gasteiger partial charge in [0, 0.05) is 0 Å². The Balaban J connectivity index is 1.98. The molecule has 0 heterocycles. The third-order valence-corrected chi connectivity index (χ3v) is 1.93. The average molecular weight is 224 g/mol. The number of methoxy groups -OCH3 is 1. The summed E-state index contributed by atoms with van der Waals surface area (Å²) < 4.78 is 14.8. The van der Waals surface area contributed by atoms with Gasteiger partial charge in [-0.1, -0.05) is 30.3 Å². The standard InChI is InChI=1S/C12H16O4/c1-14-12(13)10-16-8-7-15-9-11-5-3-2-4-6-11/h2-6H,7-10H2,1H3. The molecule has 16 heavy (non-hydrogen) atoms. The SMILES string of the molecule is COC(=O)COCCOCc1ccccc1. The van der Waals surface area contributed by atoms with Crippen LogP contribution in [0, 0.1) is 0 Å². The molecular formula is C12H16O4. The smallest absolute Gasteiger partial charge is 0.331 e. The minimum Gasteiger partial charge on any atom is -0.467 e. The molecule has 0 aliphatic rings. The molecule has 4 nitrogen and oxygen atoms in total. The first kappa shape index (κ1) is 12.7. The van der Waals surface area contributed by atoms with Gasteiger partial charge in [0.15, 0.2) is 0 Å². The largest absolute Gasteiger partial charge is 0.467 e. The van der Waals surface area contributed by atoms with Gasteiger partial charge in [0.1, 0.15) is 6.61 Å². The highest BCUT2D eigenvalue weighted by Crippen LogP contribution is 1.99. The van der Waals surface area contributed by atoms with Crippen molar-refractivity contribution in [3.63, 3.8) is 0 Å². The molecule has 1 rings (SSSR count). The molecule has 1 aromatic carbocycles. The highest BCUT2D eigenvalue weighted by molar-refractivity contribution is 5.70. The van der Waals surface area contributed by atoms with Crippen LogP contribution >= 0.6 is 0 Å². The first-order chi connectivity index (χ1) is 7.83. The number of carbonyl (C=O) groups excluding carboxylic acids is 1. The monoisotopic (exact) mass is 224 g/mol. The summed E-state index contributed by atoms with van der Waals surface area (Å²) in [5.74, 6) is -0.372. The minimum atomic E-state index is -0.372. The van der Waals surface area contributed by atoms with Crippen molar-refractivity contribution in [3.8, 4) is 0 Å². The van der Waals surface area contributed by atoms with E-state index in [-0.39, 0.29) is 12.6 Å². The Bertz CT molecular complexity index is 297. The second-order valence-corrected chi connectivity index (χ2v) is 3.17. The maximum Gasteiger partial charge on any atom is 0.331 e. The van der Waals surface area contributed by atoms with Gasteiger partial charge >= 0.3 is 5.97 Å². The maximum atomic E-state index is 10.7. The Morgan fingerprint density at radius 2 is 1.81 bits per heavy atom. The minimum absolute atomic E-state index is 0.0226. The fourth-order valence-corrected chi connectivity index (χ4v) is 1.10. The summed E-state index contributed by atoms with van der Waals surface area (Å²) in [6.45, 7) is 1.39. The lowest BCUT2D eigenvalue weighted by Gasteiger charge is -2.04. The van der Waals surface area contributed by atoms with Crippen molar-refractivity contribution in [1.29, 1.82) is 0 Å². The van der Waals surface area contributed by atoms with E-state index in [4.69, 9.17) is 9.47 Å². The zero-order valence-corrected chi connectivity index (χ0v) is 9.35. The van der Waals surface area contributed by atoms with E-state index >= 15 is 0 Å². The molecule has 0 bridgehead atoms. The summed E-state index contributed by atoms with van der Waals surface area (Å²) in [6.07, 6.45) is 0. The van der Waals surface area contributed by atoms with E-state index in [0.717, 1.165) is 5.56 Å². The van der Waals surface area contributed by atoms with E-state index in [0.29, 0.717) is 19.8 Å². The predicted octanol–water partition coefficient (Wildman–Crippen LogP) is 1.39. The number of benzene rings is 1. The topological polar surface area (TPSA) is 44.8 Å². The Labute approximate surface area is 95.1 Å². The van der Waals surface area contributed by atoms with Crippen molar-refractivity contribution in [1.82, 2.24) is 0 Å². The first-order valence-electron chi connectivity index (χ1n) is 5.09. The first-order valence-corrected chi connectivity index (χ1v) is 5.09. The third kappa shape index (κ3) is 5.48. The molecule has 4 heteroatoms. The van der Waals surface area contributed by atoms with Crippen molar-refractivity contribution in [2.45, 2.75) is 6.61 Å². The van der Waals surface area contributed by atoms with Crippen molar-refractivity contribution in [2.24, 2.45) is 0 Å². The van der Waals surface area contributed by atoms with Gasteiger partial charge in [0.2, 0.25) is 0 Å². The zero-order valence-electron chi connectivity index (χ0n) is 9.35. The summed E-state index contributed by atoms with van der Waals surface area (Å²) in [6, 6.07) is 9.88. The summed E-state index contributed by atoms with van der Waals surface area (Å²) in [5, 5.41) is 0. The maximum absolute atomic E-state index is 10.7. The number of rotatable bonds is 7. The molecule has 0 atom stereocenters. The van der Waals surface area contributed by atoms with E-state index in [9.17, 15) is 4.79 Å². The van der Waals surface area contributed by atoms with Crippen molar-refractivity contribution in [3.05, 3.63) is 35.9 Å². The molecule has 1 aromatic rings. The van der Waals surface area contributed by atoms with Crippen LogP contribution < -0.4 is 0 Å². The van der Waals surface area contributed by atoms with Crippen molar-refractivity contribution in [2.75, 3.05) is 26.9 Å². The van der Waals surface area contributed by atoms with Crippen LogP contribution in [0.15, 0.2) is 30.3 Å². The lowest BCUT2D eigenvalue weighted by atomic mass is 10.2. The molecule has 0 aromatic heterocycles. The molecular weight excluding hydrogens is 208 g/mol. The molecule has 0 spiro atoms. The fourth-order valence-electron chi connectivity index (χ4n) is 1.10. The van der Waals surface area contributed by atoms with Gasteiger partial charge in [-0.3, -0.25) is 0 Å². The number of ether oxygens (including phenoxy) is 3. The van der Waals surface area contributed by atoms with Gasteiger partial charge in [-0.25, -0.2) is 4.79 Å². The van der Waals surface area contributed by atoms with Crippen LogP contribution in [0.25, 0.3) is 0 Å². The van der Waals surface area contributed by atoms with E-state index in [1.54, 1.807) is 0 Å². The number of carbonyl (C=O) groups is 1. The van der Waals surface area contributed by atoms with Gasteiger partial charge in [0.25, 0.3) is 0 Å². The van der Waals surface area contributed by atoms with Gasteiger partial charge < -0.3 is 14.2 Å². The van der Waals surface area contributed by atoms with Crippen LogP contribution in [0.3, 0.4) is 0 Å². The Hall–Kier alpha value is -1.39. The molecule has 0 saturated carbocycles. The highest BCUT2D eigenvalue weighted by Gasteiger charge is 1.98. The molecule has 0 unspecified atom stereocenters. The lowest BCUT2D eigenvalue weighted by Crippen LogP contribution is -2.13. The molecule has 0 aliphatic heterocycles. The average Bonchev–Trinajstić information content (AvgIpc) is 2.34. The van der Waals surface area contributed by atoms with Crippen LogP contribution in [0.2, 0.25) is 0 Å². The van der Waals surface area contributed by atoms with Crippen LogP contribution in [0.1, 0.15) is 5.56 Å². The quantitative estimate of drug-likeness (QED) is 0.518. The molecule has 0 radical (unpaired) electrons. The molecule has 0 saturated heterocycles.